The minimum atomic E-state index is -0.470. The molecule has 4 heterocycles. The highest BCUT2D eigenvalue weighted by atomic mass is 19.1. The Labute approximate surface area is 170 Å². The van der Waals surface area contributed by atoms with Crippen molar-refractivity contribution >= 4 is 17.3 Å². The predicted octanol–water partition coefficient (Wildman–Crippen LogP) is 2.38. The van der Waals surface area contributed by atoms with Gasteiger partial charge in [0.15, 0.2) is 17.5 Å². The Morgan fingerprint density at radius 3 is 3.17 bits per heavy atom. The zero-order valence-electron chi connectivity index (χ0n) is 16.6. The van der Waals surface area contributed by atoms with E-state index in [1.165, 1.54) is 6.20 Å². The van der Waals surface area contributed by atoms with Crippen LogP contribution in [0.25, 0.3) is 5.57 Å². The average Bonchev–Trinajstić information content (AvgIpc) is 3.18. The summed E-state index contributed by atoms with van der Waals surface area (Å²) in [5, 5.41) is 9.58. The van der Waals surface area contributed by atoms with E-state index >= 15 is 0 Å². The number of nitrogens with one attached hydrogen (secondary N) is 3. The van der Waals surface area contributed by atoms with Gasteiger partial charge in [-0.15, -0.1) is 0 Å². The third kappa shape index (κ3) is 4.26. The lowest BCUT2D eigenvalue weighted by Crippen LogP contribution is -2.41. The standard InChI is InChI=1S/C21H27FN6O/c1-2-5-18(29)28-9-4-6-14(13-28)10-24-21-17(22)12-26-20(27-21)16-11-25-19-15(16)7-3-8-23-19/h3,7-8,11-12,14,19,23,25H,2,4-6,9-10,13H2,1H3,(H,24,26,27)/t14-,19?/m1/s1. The molecule has 0 saturated carbocycles. The molecule has 0 spiro atoms. The molecule has 0 bridgehead atoms. The molecule has 1 amide bonds. The molecule has 1 unspecified atom stereocenters. The van der Waals surface area contributed by atoms with E-state index in [0.29, 0.717) is 25.3 Å². The molecular formula is C21H27FN6O. The van der Waals surface area contributed by atoms with E-state index in [1.807, 2.05) is 36.4 Å². The SMILES string of the molecule is CCCC(=O)N1CCC[C@H](CNc2nc(C3=CNC4NC=CC=C34)ncc2F)C1. The Hall–Kier alpha value is -2.90. The van der Waals surface area contributed by atoms with Crippen LogP contribution in [0.15, 0.2) is 36.3 Å². The highest BCUT2D eigenvalue weighted by Crippen LogP contribution is 2.29. The van der Waals surface area contributed by atoms with E-state index in [9.17, 15) is 9.18 Å². The van der Waals surface area contributed by atoms with Crippen LogP contribution < -0.4 is 16.0 Å². The summed E-state index contributed by atoms with van der Waals surface area (Å²) in [6.07, 6.45) is 12.3. The number of rotatable bonds is 6. The maximum Gasteiger partial charge on any atom is 0.222 e. The number of hydrogen-bond donors (Lipinski definition) is 3. The quantitative estimate of drug-likeness (QED) is 0.683. The normalized spacial score (nSPS) is 22.9. The monoisotopic (exact) mass is 398 g/mol. The van der Waals surface area contributed by atoms with E-state index in [-0.39, 0.29) is 23.8 Å². The fraction of sp³-hybridized carbons (Fsp3) is 0.476. The first-order valence-corrected chi connectivity index (χ1v) is 10.3. The summed E-state index contributed by atoms with van der Waals surface area (Å²) in [5.41, 5.74) is 1.88. The average molecular weight is 398 g/mol. The van der Waals surface area contributed by atoms with Gasteiger partial charge in [0.25, 0.3) is 0 Å². The van der Waals surface area contributed by atoms with Crippen molar-refractivity contribution in [1.29, 1.82) is 0 Å². The number of allylic oxidation sites excluding steroid dienone is 2. The maximum atomic E-state index is 14.3. The fourth-order valence-corrected chi connectivity index (χ4v) is 4.01. The molecule has 2 atom stereocenters. The molecule has 3 aliphatic rings. The Bertz CT molecular complexity index is 865. The summed E-state index contributed by atoms with van der Waals surface area (Å²) in [4.78, 5) is 22.7. The van der Waals surface area contributed by atoms with E-state index in [2.05, 4.69) is 25.9 Å². The number of anilines is 1. The van der Waals surface area contributed by atoms with Crippen LogP contribution in [0.4, 0.5) is 10.2 Å². The molecule has 0 aliphatic carbocycles. The molecule has 3 N–H and O–H groups in total. The third-order valence-corrected chi connectivity index (χ3v) is 5.53. The van der Waals surface area contributed by atoms with Gasteiger partial charge in [-0.2, -0.15) is 0 Å². The maximum absolute atomic E-state index is 14.3. The molecule has 0 radical (unpaired) electrons. The van der Waals surface area contributed by atoms with E-state index < -0.39 is 5.82 Å². The van der Waals surface area contributed by atoms with Crippen molar-refractivity contribution in [2.75, 3.05) is 25.0 Å². The molecule has 1 aromatic heterocycles. The summed E-state index contributed by atoms with van der Waals surface area (Å²) in [7, 11) is 0. The Balaban J connectivity index is 1.42. The van der Waals surface area contributed by atoms with Crippen molar-refractivity contribution in [3.63, 3.8) is 0 Å². The van der Waals surface area contributed by atoms with E-state index in [0.717, 1.165) is 37.0 Å². The topological polar surface area (TPSA) is 82.2 Å². The molecule has 0 aromatic carbocycles. The molecule has 154 valence electrons. The van der Waals surface area contributed by atoms with Gasteiger partial charge in [-0.1, -0.05) is 13.0 Å². The molecule has 29 heavy (non-hydrogen) atoms. The van der Waals surface area contributed by atoms with Crippen LogP contribution in [0.5, 0.6) is 0 Å². The van der Waals surface area contributed by atoms with Crippen LogP contribution in [0.1, 0.15) is 38.4 Å². The summed E-state index contributed by atoms with van der Waals surface area (Å²) < 4.78 is 14.3. The first-order chi connectivity index (χ1) is 14.2. The second kappa shape index (κ2) is 8.63. The van der Waals surface area contributed by atoms with Crippen LogP contribution in [-0.2, 0) is 4.79 Å². The number of carbonyl (C=O) groups is 1. The number of halogens is 1. The van der Waals surface area contributed by atoms with Crippen LogP contribution in [-0.4, -0.2) is 46.6 Å². The number of nitrogens with zero attached hydrogens (tertiary/aromatic N) is 3. The van der Waals surface area contributed by atoms with Crippen molar-refractivity contribution in [1.82, 2.24) is 25.5 Å². The van der Waals surface area contributed by atoms with Gasteiger partial charge >= 0.3 is 0 Å². The second-order valence-electron chi connectivity index (χ2n) is 7.67. The predicted molar refractivity (Wildman–Crippen MR) is 110 cm³/mol. The summed E-state index contributed by atoms with van der Waals surface area (Å²) in [6, 6.07) is 0. The van der Waals surface area contributed by atoms with E-state index in [4.69, 9.17) is 0 Å². The van der Waals surface area contributed by atoms with Crippen molar-refractivity contribution < 1.29 is 9.18 Å². The number of piperidine rings is 1. The molecule has 7 nitrogen and oxygen atoms in total. The van der Waals surface area contributed by atoms with Gasteiger partial charge in [-0.3, -0.25) is 4.79 Å². The molecular weight excluding hydrogens is 371 g/mol. The highest BCUT2D eigenvalue weighted by molar-refractivity contribution is 5.80. The number of fused-ring (bicyclic) bond motifs is 1. The largest absolute Gasteiger partial charge is 0.368 e. The minimum Gasteiger partial charge on any atom is -0.368 e. The van der Waals surface area contributed by atoms with Gasteiger partial charge in [0.05, 0.1) is 6.20 Å². The number of likely N-dealkylation sites (tertiary alicyclic amines) is 1. The molecule has 8 heteroatoms. The van der Waals surface area contributed by atoms with Crippen LogP contribution in [0.2, 0.25) is 0 Å². The van der Waals surface area contributed by atoms with Crippen molar-refractivity contribution in [3.8, 4) is 0 Å². The molecule has 1 fully saturated rings. The van der Waals surface area contributed by atoms with Gasteiger partial charge in [-0.25, -0.2) is 14.4 Å². The Morgan fingerprint density at radius 1 is 1.41 bits per heavy atom. The lowest BCUT2D eigenvalue weighted by atomic mass is 9.97. The second-order valence-corrected chi connectivity index (χ2v) is 7.67. The van der Waals surface area contributed by atoms with Gasteiger partial charge in [0.1, 0.15) is 6.17 Å². The first kappa shape index (κ1) is 19.4. The molecule has 3 aliphatic heterocycles. The molecule has 1 aromatic rings. The smallest absolute Gasteiger partial charge is 0.222 e. The zero-order valence-corrected chi connectivity index (χ0v) is 16.6. The van der Waals surface area contributed by atoms with E-state index in [1.54, 1.807) is 0 Å². The van der Waals surface area contributed by atoms with Gasteiger partial charge in [0.2, 0.25) is 5.91 Å². The number of hydrogen-bond acceptors (Lipinski definition) is 6. The zero-order chi connectivity index (χ0) is 20.2. The summed E-state index contributed by atoms with van der Waals surface area (Å²) in [6.45, 7) is 4.13. The number of aromatic nitrogens is 2. The number of carbonyl (C=O) groups excluding carboxylic acids is 1. The van der Waals surface area contributed by atoms with Crippen molar-refractivity contribution in [2.24, 2.45) is 5.92 Å². The van der Waals surface area contributed by atoms with Gasteiger partial charge < -0.3 is 20.9 Å². The summed E-state index contributed by atoms with van der Waals surface area (Å²) >= 11 is 0. The van der Waals surface area contributed by atoms with Crippen LogP contribution in [0, 0.1) is 11.7 Å². The number of dihydropyridines is 1. The highest BCUT2D eigenvalue weighted by Gasteiger charge is 2.27. The molecule has 4 rings (SSSR count). The lowest BCUT2D eigenvalue weighted by Gasteiger charge is -2.33. The van der Waals surface area contributed by atoms with Crippen molar-refractivity contribution in [3.05, 3.63) is 48.0 Å². The molecule has 1 saturated heterocycles. The van der Waals surface area contributed by atoms with Gasteiger partial charge in [0, 0.05) is 43.4 Å². The Morgan fingerprint density at radius 2 is 2.31 bits per heavy atom. The van der Waals surface area contributed by atoms with Crippen LogP contribution in [0.3, 0.4) is 0 Å². The Kier molecular flexibility index (Phi) is 5.78. The number of amides is 1. The van der Waals surface area contributed by atoms with Gasteiger partial charge in [-0.05, 0) is 37.5 Å². The van der Waals surface area contributed by atoms with Crippen LogP contribution >= 0.6 is 0 Å². The lowest BCUT2D eigenvalue weighted by molar-refractivity contribution is -0.132. The van der Waals surface area contributed by atoms with Crippen molar-refractivity contribution in [2.45, 2.75) is 38.8 Å². The minimum absolute atomic E-state index is 0.00561. The third-order valence-electron chi connectivity index (χ3n) is 5.53. The first-order valence-electron chi connectivity index (χ1n) is 10.3. The fourth-order valence-electron chi connectivity index (χ4n) is 4.01. The summed E-state index contributed by atoms with van der Waals surface area (Å²) in [5.74, 6) is 0.718.